The predicted molar refractivity (Wildman–Crippen MR) is 105 cm³/mol. The van der Waals surface area contributed by atoms with Gasteiger partial charge >= 0.3 is 0 Å². The van der Waals surface area contributed by atoms with Gasteiger partial charge in [-0.3, -0.25) is 4.68 Å². The Morgan fingerprint density at radius 1 is 1.36 bits per heavy atom. The number of aromatic nitrogens is 3. The van der Waals surface area contributed by atoms with Gasteiger partial charge in [0.2, 0.25) is 0 Å². The summed E-state index contributed by atoms with van der Waals surface area (Å²) in [5.41, 5.74) is 4.67. The number of hydrogen-bond acceptors (Lipinski definition) is 4. The summed E-state index contributed by atoms with van der Waals surface area (Å²) in [6.45, 7) is 12.0. The number of aliphatic imine (C=N–C) groups is 1. The molecule has 7 heteroatoms. The maximum Gasteiger partial charge on any atom is 0.191 e. The monoisotopic (exact) mass is 362 g/mol. The molecule has 2 rings (SSSR count). The number of guanidine groups is 1. The van der Waals surface area contributed by atoms with Gasteiger partial charge in [-0.15, -0.1) is 11.3 Å². The lowest BCUT2D eigenvalue weighted by molar-refractivity contribution is 0.635. The van der Waals surface area contributed by atoms with Crippen LogP contribution >= 0.6 is 11.3 Å². The van der Waals surface area contributed by atoms with E-state index in [1.165, 1.54) is 16.3 Å². The normalized spacial score (nSPS) is 13.1. The lowest BCUT2D eigenvalue weighted by Gasteiger charge is -2.18. The zero-order valence-electron chi connectivity index (χ0n) is 16.2. The zero-order chi connectivity index (χ0) is 18.4. The Hall–Kier alpha value is -1.89. The molecule has 0 aromatic carbocycles. The third kappa shape index (κ3) is 5.29. The lowest BCUT2D eigenvalue weighted by Crippen LogP contribution is -2.43. The SMILES string of the molecule is CCNC(=NCc1csc(CC)n1)NC(C)Cc1c(C)nn(C)c1C. The standard InChI is InChI=1S/C18H30N6S/c1-7-17-22-15(11-25-17)10-20-18(19-8-2)21-12(3)9-16-13(4)23-24(6)14(16)5/h11-12H,7-10H2,1-6H3,(H2,19,20,21). The summed E-state index contributed by atoms with van der Waals surface area (Å²) in [5.74, 6) is 0.834. The van der Waals surface area contributed by atoms with Crippen molar-refractivity contribution in [1.82, 2.24) is 25.4 Å². The Bertz CT molecular complexity index is 715. The molecule has 1 unspecified atom stereocenters. The van der Waals surface area contributed by atoms with E-state index in [1.54, 1.807) is 11.3 Å². The quantitative estimate of drug-likeness (QED) is 0.587. The average Bonchev–Trinajstić information content (AvgIpc) is 3.13. The van der Waals surface area contributed by atoms with Crippen molar-refractivity contribution in [2.24, 2.45) is 12.0 Å². The van der Waals surface area contributed by atoms with Gasteiger partial charge in [0.25, 0.3) is 0 Å². The van der Waals surface area contributed by atoms with Crippen LogP contribution in [0.5, 0.6) is 0 Å². The van der Waals surface area contributed by atoms with E-state index in [9.17, 15) is 0 Å². The average molecular weight is 363 g/mol. The van der Waals surface area contributed by atoms with Crippen LogP contribution < -0.4 is 10.6 Å². The molecule has 138 valence electrons. The number of thiazole rings is 1. The van der Waals surface area contributed by atoms with Gasteiger partial charge < -0.3 is 10.6 Å². The van der Waals surface area contributed by atoms with Crippen LogP contribution in [0.1, 0.15) is 48.4 Å². The molecular weight excluding hydrogens is 332 g/mol. The van der Waals surface area contributed by atoms with Crippen molar-refractivity contribution in [2.75, 3.05) is 6.54 Å². The van der Waals surface area contributed by atoms with Gasteiger partial charge in [0.15, 0.2) is 5.96 Å². The third-order valence-corrected chi connectivity index (χ3v) is 5.24. The number of nitrogens with one attached hydrogen (secondary N) is 2. The summed E-state index contributed by atoms with van der Waals surface area (Å²) in [6.07, 6.45) is 1.90. The topological polar surface area (TPSA) is 67.1 Å². The summed E-state index contributed by atoms with van der Waals surface area (Å²) in [4.78, 5) is 9.26. The van der Waals surface area contributed by atoms with Crippen LogP contribution in [0.4, 0.5) is 0 Å². The third-order valence-electron chi connectivity index (χ3n) is 4.20. The highest BCUT2D eigenvalue weighted by molar-refractivity contribution is 7.09. The number of hydrogen-bond donors (Lipinski definition) is 2. The fourth-order valence-corrected chi connectivity index (χ4v) is 3.50. The van der Waals surface area contributed by atoms with E-state index in [0.29, 0.717) is 6.54 Å². The second-order valence-corrected chi connectivity index (χ2v) is 7.25. The zero-order valence-corrected chi connectivity index (χ0v) is 17.0. The van der Waals surface area contributed by atoms with Gasteiger partial charge in [0.05, 0.1) is 22.9 Å². The van der Waals surface area contributed by atoms with Crippen molar-refractivity contribution in [2.45, 2.75) is 60.0 Å². The van der Waals surface area contributed by atoms with Gasteiger partial charge in [0.1, 0.15) is 0 Å². The molecule has 2 aromatic heterocycles. The van der Waals surface area contributed by atoms with Crippen molar-refractivity contribution in [3.8, 4) is 0 Å². The summed E-state index contributed by atoms with van der Waals surface area (Å²) in [6, 6.07) is 0.265. The van der Waals surface area contributed by atoms with Crippen molar-refractivity contribution in [1.29, 1.82) is 0 Å². The van der Waals surface area contributed by atoms with Gasteiger partial charge in [-0.25, -0.2) is 9.98 Å². The molecule has 2 aromatic rings. The Labute approximate surface area is 154 Å². The molecule has 0 amide bonds. The van der Waals surface area contributed by atoms with Crippen LogP contribution in [0.3, 0.4) is 0 Å². The van der Waals surface area contributed by atoms with Crippen LogP contribution in [-0.2, 0) is 26.4 Å². The molecule has 0 bridgehead atoms. The molecule has 25 heavy (non-hydrogen) atoms. The van der Waals surface area contributed by atoms with Crippen LogP contribution in [0.25, 0.3) is 0 Å². The second-order valence-electron chi connectivity index (χ2n) is 6.30. The highest BCUT2D eigenvalue weighted by Crippen LogP contribution is 2.14. The van der Waals surface area contributed by atoms with Gasteiger partial charge in [-0.05, 0) is 46.1 Å². The molecule has 0 radical (unpaired) electrons. The van der Waals surface area contributed by atoms with Gasteiger partial charge in [0, 0.05) is 30.7 Å². The lowest BCUT2D eigenvalue weighted by atomic mass is 10.1. The van der Waals surface area contributed by atoms with Crippen molar-refractivity contribution >= 4 is 17.3 Å². The molecule has 0 aliphatic heterocycles. The van der Waals surface area contributed by atoms with Crippen LogP contribution in [-0.4, -0.2) is 33.3 Å². The minimum Gasteiger partial charge on any atom is -0.357 e. The first-order valence-electron chi connectivity index (χ1n) is 8.91. The first kappa shape index (κ1) is 19.4. The molecule has 0 aliphatic rings. The van der Waals surface area contributed by atoms with Crippen LogP contribution in [0.15, 0.2) is 10.4 Å². The van der Waals surface area contributed by atoms with Gasteiger partial charge in [-0.1, -0.05) is 6.92 Å². The first-order chi connectivity index (χ1) is 11.9. The summed E-state index contributed by atoms with van der Waals surface area (Å²) in [7, 11) is 1.99. The Morgan fingerprint density at radius 3 is 2.68 bits per heavy atom. The van der Waals surface area contributed by atoms with Gasteiger partial charge in [-0.2, -0.15) is 5.10 Å². The largest absolute Gasteiger partial charge is 0.357 e. The Kier molecular flexibility index (Phi) is 6.99. The van der Waals surface area contributed by atoms with E-state index in [1.807, 2.05) is 11.7 Å². The molecule has 1 atom stereocenters. The van der Waals surface area contributed by atoms with E-state index in [2.05, 4.69) is 65.7 Å². The highest BCUT2D eigenvalue weighted by Gasteiger charge is 2.14. The molecule has 6 nitrogen and oxygen atoms in total. The van der Waals surface area contributed by atoms with E-state index in [4.69, 9.17) is 0 Å². The first-order valence-corrected chi connectivity index (χ1v) is 9.79. The molecule has 0 fully saturated rings. The molecule has 0 spiro atoms. The highest BCUT2D eigenvalue weighted by atomic mass is 32.1. The molecule has 0 aliphatic carbocycles. The maximum absolute atomic E-state index is 4.68. The Morgan fingerprint density at radius 2 is 2.12 bits per heavy atom. The molecule has 0 saturated carbocycles. The van der Waals surface area contributed by atoms with E-state index in [-0.39, 0.29) is 6.04 Å². The summed E-state index contributed by atoms with van der Waals surface area (Å²) >= 11 is 1.71. The van der Waals surface area contributed by atoms with Crippen molar-refractivity contribution in [3.63, 3.8) is 0 Å². The summed E-state index contributed by atoms with van der Waals surface area (Å²) in [5, 5.41) is 14.6. The minimum absolute atomic E-state index is 0.265. The van der Waals surface area contributed by atoms with Crippen molar-refractivity contribution < 1.29 is 0 Å². The number of rotatable bonds is 7. The van der Waals surface area contributed by atoms with Crippen molar-refractivity contribution in [3.05, 3.63) is 33.0 Å². The molecule has 2 N–H and O–H groups in total. The smallest absolute Gasteiger partial charge is 0.191 e. The Balaban J connectivity index is 2.00. The predicted octanol–water partition coefficient (Wildman–Crippen LogP) is 2.74. The maximum atomic E-state index is 4.68. The molecular formula is C18H30N6S. The number of aryl methyl sites for hydroxylation is 3. The fraction of sp³-hybridized carbons (Fsp3) is 0.611. The molecule has 2 heterocycles. The van der Waals surface area contributed by atoms with Crippen LogP contribution in [0.2, 0.25) is 0 Å². The minimum atomic E-state index is 0.265. The fourth-order valence-electron chi connectivity index (χ4n) is 2.77. The van der Waals surface area contributed by atoms with E-state index < -0.39 is 0 Å². The molecule has 0 saturated heterocycles. The number of nitrogens with zero attached hydrogens (tertiary/aromatic N) is 4. The van der Waals surface area contributed by atoms with E-state index >= 15 is 0 Å². The van der Waals surface area contributed by atoms with Crippen LogP contribution in [0, 0.1) is 13.8 Å². The summed E-state index contributed by atoms with van der Waals surface area (Å²) < 4.78 is 1.95. The second kappa shape index (κ2) is 8.99. The van der Waals surface area contributed by atoms with E-state index in [0.717, 1.165) is 36.7 Å².